The molecule has 1 atom stereocenters. The normalized spacial score (nSPS) is 19.2. The van der Waals surface area contributed by atoms with Crippen molar-refractivity contribution < 1.29 is 19.4 Å². The molecule has 2 aliphatic rings. The van der Waals surface area contributed by atoms with Crippen molar-refractivity contribution in [1.82, 2.24) is 24.6 Å². The van der Waals surface area contributed by atoms with E-state index in [1.807, 2.05) is 52.0 Å². The van der Waals surface area contributed by atoms with Crippen molar-refractivity contribution in [1.29, 1.82) is 0 Å². The monoisotopic (exact) mass is 457 g/mol. The number of nitrogens with zero attached hydrogens (tertiary/aromatic N) is 4. The standard InChI is InChI=1S/C24H35N5O4/c1-15(2)25-23(32)28-12-24(13-28)14-29(20(31)10-26(3)4)19(11-30)22-21(24)17-8-7-16(33-6)9-18(17)27(22)5/h7-9,15,19,30H,10-14H2,1-6H3,(H,25,32)/t19-/m0/s1. The predicted octanol–water partition coefficient (Wildman–Crippen LogP) is 1.30. The van der Waals surface area contributed by atoms with Crippen LogP contribution in [0.15, 0.2) is 18.2 Å². The lowest BCUT2D eigenvalue weighted by molar-refractivity contribution is -0.139. The van der Waals surface area contributed by atoms with E-state index in [0.717, 1.165) is 27.9 Å². The van der Waals surface area contributed by atoms with Crippen LogP contribution in [0.2, 0.25) is 0 Å². The Hall–Kier alpha value is -2.78. The Balaban J connectivity index is 1.83. The van der Waals surface area contributed by atoms with Gasteiger partial charge < -0.3 is 34.4 Å². The first-order chi connectivity index (χ1) is 15.6. The van der Waals surface area contributed by atoms with Gasteiger partial charge in [-0.05, 0) is 45.6 Å². The number of carbonyl (C=O) groups excluding carboxylic acids is 2. The molecular weight excluding hydrogens is 422 g/mol. The number of carbonyl (C=O) groups is 2. The second-order valence-electron chi connectivity index (χ2n) is 9.90. The number of nitrogens with one attached hydrogen (secondary N) is 1. The van der Waals surface area contributed by atoms with Crippen molar-refractivity contribution >= 4 is 22.8 Å². The Morgan fingerprint density at radius 1 is 1.27 bits per heavy atom. The van der Waals surface area contributed by atoms with E-state index in [-0.39, 0.29) is 36.5 Å². The highest BCUT2D eigenvalue weighted by atomic mass is 16.5. The molecule has 2 aromatic rings. The Labute approximate surface area is 194 Å². The molecule has 4 rings (SSSR count). The van der Waals surface area contributed by atoms with Gasteiger partial charge >= 0.3 is 6.03 Å². The number of ether oxygens (including phenoxy) is 1. The summed E-state index contributed by atoms with van der Waals surface area (Å²) in [7, 11) is 7.34. The van der Waals surface area contributed by atoms with Crippen molar-refractivity contribution in [2.24, 2.45) is 7.05 Å². The summed E-state index contributed by atoms with van der Waals surface area (Å²) in [5, 5.41) is 14.5. The van der Waals surface area contributed by atoms with Gasteiger partial charge in [-0.3, -0.25) is 4.79 Å². The first-order valence-electron chi connectivity index (χ1n) is 11.4. The molecule has 1 aromatic heterocycles. The van der Waals surface area contributed by atoms with Crippen molar-refractivity contribution in [2.75, 3.05) is 54.0 Å². The molecule has 9 nitrogen and oxygen atoms in total. The molecule has 0 unspecified atom stereocenters. The van der Waals surface area contributed by atoms with Crippen molar-refractivity contribution in [3.05, 3.63) is 29.5 Å². The number of aliphatic hydroxyl groups excluding tert-OH is 1. The van der Waals surface area contributed by atoms with Crippen LogP contribution < -0.4 is 10.1 Å². The lowest BCUT2D eigenvalue weighted by Crippen LogP contribution is -2.69. The van der Waals surface area contributed by atoms with Crippen molar-refractivity contribution in [2.45, 2.75) is 31.3 Å². The smallest absolute Gasteiger partial charge is 0.317 e. The van der Waals surface area contributed by atoms with Crippen LogP contribution in [0.4, 0.5) is 4.79 Å². The number of likely N-dealkylation sites (N-methyl/N-ethyl adjacent to an activating group) is 1. The van der Waals surface area contributed by atoms with Gasteiger partial charge in [0.25, 0.3) is 0 Å². The number of aromatic nitrogens is 1. The molecule has 0 radical (unpaired) electrons. The molecule has 33 heavy (non-hydrogen) atoms. The number of aryl methyl sites for hydroxylation is 1. The van der Waals surface area contributed by atoms with Crippen LogP contribution in [0, 0.1) is 0 Å². The molecule has 1 saturated heterocycles. The van der Waals surface area contributed by atoms with Crippen molar-refractivity contribution in [3.63, 3.8) is 0 Å². The highest BCUT2D eigenvalue weighted by molar-refractivity contribution is 5.90. The summed E-state index contributed by atoms with van der Waals surface area (Å²) in [6.07, 6.45) is 0. The molecule has 1 spiro atoms. The third-order valence-electron chi connectivity index (χ3n) is 6.78. The first kappa shape index (κ1) is 23.4. The highest BCUT2D eigenvalue weighted by Gasteiger charge is 2.55. The second-order valence-corrected chi connectivity index (χ2v) is 9.90. The van der Waals surface area contributed by atoms with Crippen molar-refractivity contribution in [3.8, 4) is 5.75 Å². The summed E-state index contributed by atoms with van der Waals surface area (Å²) in [6, 6.07) is 5.50. The van der Waals surface area contributed by atoms with E-state index in [0.29, 0.717) is 19.6 Å². The number of benzene rings is 1. The first-order valence-corrected chi connectivity index (χ1v) is 11.4. The van der Waals surface area contributed by atoms with Gasteiger partial charge in [-0.25, -0.2) is 4.79 Å². The SMILES string of the molecule is COc1ccc2c3c(n(C)c2c1)[C@H](CO)N(C(=O)CN(C)C)CC31CN(C(=O)NC(C)C)C1. The molecule has 180 valence electrons. The fourth-order valence-corrected chi connectivity index (χ4v) is 5.41. The average molecular weight is 458 g/mol. The molecule has 3 heterocycles. The van der Waals surface area contributed by atoms with Crippen LogP contribution in [0.3, 0.4) is 0 Å². The van der Waals surface area contributed by atoms with Gasteiger partial charge in [0, 0.05) is 49.9 Å². The summed E-state index contributed by atoms with van der Waals surface area (Å²) in [4.78, 5) is 31.4. The molecule has 1 fully saturated rings. The molecule has 2 N–H and O–H groups in total. The summed E-state index contributed by atoms with van der Waals surface area (Å²) in [6.45, 7) is 5.49. The topological polar surface area (TPSA) is 90.3 Å². The number of likely N-dealkylation sites (tertiary alicyclic amines) is 1. The second kappa shape index (κ2) is 8.53. The number of methoxy groups -OCH3 is 1. The molecule has 0 aliphatic carbocycles. The molecule has 2 aliphatic heterocycles. The van der Waals surface area contributed by atoms with Crippen LogP contribution in [-0.2, 0) is 17.3 Å². The molecule has 0 saturated carbocycles. The third-order valence-corrected chi connectivity index (χ3v) is 6.78. The maximum absolute atomic E-state index is 13.3. The lowest BCUT2D eigenvalue weighted by atomic mass is 9.68. The number of hydrogen-bond donors (Lipinski definition) is 2. The number of amides is 3. The van der Waals surface area contributed by atoms with Gasteiger partial charge in [-0.1, -0.05) is 0 Å². The zero-order chi connectivity index (χ0) is 24.1. The van der Waals surface area contributed by atoms with Crippen LogP contribution in [0.25, 0.3) is 10.9 Å². The zero-order valence-electron chi connectivity index (χ0n) is 20.4. The fraction of sp³-hybridized carbons (Fsp3) is 0.583. The minimum absolute atomic E-state index is 0.0306. The number of fused-ring (bicyclic) bond motifs is 4. The Kier molecular flexibility index (Phi) is 6.05. The fourth-order valence-electron chi connectivity index (χ4n) is 5.41. The lowest BCUT2D eigenvalue weighted by Gasteiger charge is -2.56. The highest BCUT2D eigenvalue weighted by Crippen LogP contribution is 2.49. The van der Waals surface area contributed by atoms with Gasteiger partial charge in [0.2, 0.25) is 5.91 Å². The van der Waals surface area contributed by atoms with Gasteiger partial charge in [-0.15, -0.1) is 0 Å². The van der Waals surface area contributed by atoms with Crippen LogP contribution in [0.1, 0.15) is 31.1 Å². The average Bonchev–Trinajstić information content (AvgIpc) is 3.02. The van der Waals surface area contributed by atoms with E-state index in [9.17, 15) is 14.7 Å². The maximum Gasteiger partial charge on any atom is 0.317 e. The van der Waals surface area contributed by atoms with Gasteiger partial charge in [0.05, 0.1) is 37.2 Å². The third kappa shape index (κ3) is 3.83. The summed E-state index contributed by atoms with van der Waals surface area (Å²) < 4.78 is 7.52. The van der Waals surface area contributed by atoms with Crippen LogP contribution in [0.5, 0.6) is 5.75 Å². The van der Waals surface area contributed by atoms with E-state index in [4.69, 9.17) is 4.74 Å². The van der Waals surface area contributed by atoms with E-state index in [2.05, 4.69) is 16.0 Å². The van der Waals surface area contributed by atoms with E-state index < -0.39 is 6.04 Å². The largest absolute Gasteiger partial charge is 0.497 e. The number of rotatable bonds is 5. The van der Waals surface area contributed by atoms with Gasteiger partial charge in [0.15, 0.2) is 0 Å². The molecular formula is C24H35N5O4. The molecule has 1 aromatic carbocycles. The zero-order valence-corrected chi connectivity index (χ0v) is 20.4. The predicted molar refractivity (Wildman–Crippen MR) is 126 cm³/mol. The maximum atomic E-state index is 13.3. The minimum atomic E-state index is -0.444. The Morgan fingerprint density at radius 3 is 2.55 bits per heavy atom. The number of aliphatic hydroxyl groups is 1. The number of hydrogen-bond acceptors (Lipinski definition) is 5. The molecule has 0 bridgehead atoms. The summed E-state index contributed by atoms with van der Waals surface area (Å²) in [5.41, 5.74) is 2.67. The Bertz CT molecular complexity index is 1070. The summed E-state index contributed by atoms with van der Waals surface area (Å²) >= 11 is 0. The number of urea groups is 1. The van der Waals surface area contributed by atoms with E-state index in [1.165, 1.54) is 0 Å². The minimum Gasteiger partial charge on any atom is -0.497 e. The van der Waals surface area contributed by atoms with Gasteiger partial charge in [0.1, 0.15) is 5.75 Å². The Morgan fingerprint density at radius 2 is 1.97 bits per heavy atom. The van der Waals surface area contributed by atoms with Crippen LogP contribution in [-0.4, -0.2) is 96.3 Å². The molecule has 3 amide bonds. The van der Waals surface area contributed by atoms with E-state index in [1.54, 1.807) is 16.9 Å². The van der Waals surface area contributed by atoms with Gasteiger partial charge in [-0.2, -0.15) is 0 Å². The quantitative estimate of drug-likeness (QED) is 0.706. The van der Waals surface area contributed by atoms with Crippen LogP contribution >= 0.6 is 0 Å². The summed E-state index contributed by atoms with van der Waals surface area (Å²) in [5.74, 6) is 0.721. The van der Waals surface area contributed by atoms with E-state index >= 15 is 0 Å². The molecule has 9 heteroatoms.